The van der Waals surface area contributed by atoms with Gasteiger partial charge >= 0.3 is 0 Å². The molecule has 0 aliphatic carbocycles. The Morgan fingerprint density at radius 2 is 1.51 bits per heavy atom. The van der Waals surface area contributed by atoms with E-state index in [1.807, 2.05) is 61.5 Å². The van der Waals surface area contributed by atoms with Crippen molar-refractivity contribution < 1.29 is 32.7 Å². The summed E-state index contributed by atoms with van der Waals surface area (Å²) >= 11 is 0. The third-order valence-electron chi connectivity index (χ3n) is 7.16. The molecule has 3 atom stereocenters. The fourth-order valence-corrected chi connectivity index (χ4v) is 5.73. The Balaban J connectivity index is 1.45. The summed E-state index contributed by atoms with van der Waals surface area (Å²) in [6, 6.07) is 17.4. The molecule has 39 heavy (non-hydrogen) atoms. The topological polar surface area (TPSA) is 80.3 Å². The van der Waals surface area contributed by atoms with Gasteiger partial charge in [0, 0.05) is 24.5 Å². The van der Waals surface area contributed by atoms with Crippen molar-refractivity contribution >= 4 is 16.6 Å². The molecule has 2 aliphatic rings. The maximum absolute atomic E-state index is 13.0. The monoisotopic (exact) mass is 558 g/mol. The van der Waals surface area contributed by atoms with E-state index < -0.39 is 16.4 Å². The van der Waals surface area contributed by atoms with Crippen molar-refractivity contribution in [1.82, 2.24) is 0 Å². The van der Waals surface area contributed by atoms with Crippen LogP contribution in [0.3, 0.4) is 0 Å². The van der Waals surface area contributed by atoms with Gasteiger partial charge in [-0.3, -0.25) is 9.00 Å². The van der Waals surface area contributed by atoms with E-state index in [1.165, 1.54) is 0 Å². The van der Waals surface area contributed by atoms with Gasteiger partial charge in [-0.05, 0) is 69.6 Å². The fourth-order valence-electron chi connectivity index (χ4n) is 4.69. The zero-order valence-electron chi connectivity index (χ0n) is 23.0. The summed E-state index contributed by atoms with van der Waals surface area (Å²) in [7, 11) is -1.39. The van der Waals surface area contributed by atoms with Gasteiger partial charge in [-0.15, -0.1) is 0 Å². The van der Waals surface area contributed by atoms with Gasteiger partial charge in [0.25, 0.3) is 0 Å². The second-order valence-electron chi connectivity index (χ2n) is 10.5. The number of hydrogen-bond acceptors (Lipinski definition) is 7. The first kappa shape index (κ1) is 30.0. The van der Waals surface area contributed by atoms with E-state index >= 15 is 0 Å². The van der Waals surface area contributed by atoms with Crippen molar-refractivity contribution in [3.8, 4) is 0 Å². The fraction of sp³-hybridized carbons (Fsp3) is 0.581. The minimum atomic E-state index is -1.39. The van der Waals surface area contributed by atoms with Crippen molar-refractivity contribution in [3.63, 3.8) is 0 Å². The van der Waals surface area contributed by atoms with Crippen LogP contribution in [0.5, 0.6) is 0 Å². The first-order valence-corrected chi connectivity index (χ1v) is 15.4. The van der Waals surface area contributed by atoms with Gasteiger partial charge in [-0.25, -0.2) is 0 Å². The first-order valence-electron chi connectivity index (χ1n) is 14.1. The van der Waals surface area contributed by atoms with E-state index in [4.69, 9.17) is 23.7 Å². The van der Waals surface area contributed by atoms with Crippen molar-refractivity contribution in [1.29, 1.82) is 0 Å². The number of aryl methyl sites for hydroxylation is 1. The standard InChI is InChI=1S/C31H42O7S/c1-25-13-15-28(16-14-25)39(33)22-27(32)17-18-31(23-36-29-11-5-7-19-34-29,24-37-30-12-6-8-20-35-30)38-21-26-9-3-2-4-10-26/h2-4,9-10,13-16,29-30H,5-8,11-12,17-24H2,1H3/t29?,30?,31?,39-/m1/s1. The second kappa shape index (κ2) is 15.7. The highest BCUT2D eigenvalue weighted by Gasteiger charge is 2.36. The highest BCUT2D eigenvalue weighted by molar-refractivity contribution is 7.85. The molecule has 4 rings (SSSR count). The highest BCUT2D eigenvalue weighted by Crippen LogP contribution is 2.27. The molecule has 2 heterocycles. The summed E-state index contributed by atoms with van der Waals surface area (Å²) in [6.07, 6.45) is 5.82. The van der Waals surface area contributed by atoms with Gasteiger partial charge in [0.05, 0.1) is 36.4 Å². The van der Waals surface area contributed by atoms with Gasteiger partial charge in [0.1, 0.15) is 11.4 Å². The Morgan fingerprint density at radius 3 is 2.08 bits per heavy atom. The number of carbonyl (C=O) groups is 1. The average molecular weight is 559 g/mol. The number of carbonyl (C=O) groups excluding carboxylic acids is 1. The molecule has 0 radical (unpaired) electrons. The summed E-state index contributed by atoms with van der Waals surface area (Å²) in [4.78, 5) is 13.7. The van der Waals surface area contributed by atoms with Crippen molar-refractivity contribution in [2.45, 2.75) is 88.0 Å². The Bertz CT molecular complexity index is 993. The second-order valence-corrected chi connectivity index (χ2v) is 12.0. The minimum Gasteiger partial charge on any atom is -0.365 e. The van der Waals surface area contributed by atoms with Crippen LogP contribution in [0, 0.1) is 6.92 Å². The minimum absolute atomic E-state index is 0.0307. The SMILES string of the molecule is Cc1ccc([S@](=O)CC(=O)CCC(COC2CCCCO2)(COC2CCCCO2)OCc2ccccc2)cc1. The summed E-state index contributed by atoms with van der Waals surface area (Å²) < 4.78 is 43.5. The molecule has 214 valence electrons. The molecule has 0 aromatic heterocycles. The Kier molecular flexibility index (Phi) is 12.1. The van der Waals surface area contributed by atoms with E-state index in [2.05, 4.69) is 0 Å². The Hall–Kier alpha value is -1.94. The van der Waals surface area contributed by atoms with E-state index in [1.54, 1.807) is 0 Å². The number of rotatable bonds is 15. The predicted molar refractivity (Wildman–Crippen MR) is 150 cm³/mol. The van der Waals surface area contributed by atoms with Crippen LogP contribution in [0.15, 0.2) is 59.5 Å². The van der Waals surface area contributed by atoms with Crippen LogP contribution < -0.4 is 0 Å². The summed E-state index contributed by atoms with van der Waals surface area (Å²) in [6.45, 7) is 4.15. The number of Topliss-reactive ketones (excluding diaryl/α,β-unsaturated/α-hetero) is 1. The van der Waals surface area contributed by atoms with E-state index in [-0.39, 0.29) is 43.8 Å². The van der Waals surface area contributed by atoms with E-state index in [9.17, 15) is 9.00 Å². The molecule has 0 spiro atoms. The molecule has 0 bridgehead atoms. The van der Waals surface area contributed by atoms with Crippen molar-refractivity contribution in [3.05, 3.63) is 65.7 Å². The zero-order chi connectivity index (χ0) is 27.3. The molecule has 2 unspecified atom stereocenters. The summed E-state index contributed by atoms with van der Waals surface area (Å²) in [5, 5.41) is 0. The zero-order valence-corrected chi connectivity index (χ0v) is 23.8. The molecule has 0 saturated carbocycles. The lowest BCUT2D eigenvalue weighted by atomic mass is 9.97. The highest BCUT2D eigenvalue weighted by atomic mass is 32.2. The van der Waals surface area contributed by atoms with Gasteiger partial charge < -0.3 is 23.7 Å². The van der Waals surface area contributed by atoms with Gasteiger partial charge in [0.15, 0.2) is 12.6 Å². The van der Waals surface area contributed by atoms with E-state index in [0.29, 0.717) is 31.1 Å². The Morgan fingerprint density at radius 1 is 0.897 bits per heavy atom. The molecule has 2 fully saturated rings. The number of benzene rings is 2. The van der Waals surface area contributed by atoms with Crippen LogP contribution in [-0.4, -0.2) is 60.4 Å². The van der Waals surface area contributed by atoms with Crippen LogP contribution in [0.1, 0.15) is 62.5 Å². The lowest BCUT2D eigenvalue weighted by Crippen LogP contribution is -2.46. The number of ketones is 1. The molecule has 2 saturated heterocycles. The van der Waals surface area contributed by atoms with E-state index in [0.717, 1.165) is 49.7 Å². The van der Waals surface area contributed by atoms with Crippen LogP contribution in [0.25, 0.3) is 0 Å². The summed E-state index contributed by atoms with van der Waals surface area (Å²) in [5.74, 6) is -0.110. The van der Waals surface area contributed by atoms with Crippen LogP contribution in [0.4, 0.5) is 0 Å². The average Bonchev–Trinajstić information content (AvgIpc) is 2.98. The molecule has 2 aromatic rings. The van der Waals surface area contributed by atoms with Crippen LogP contribution >= 0.6 is 0 Å². The molecular formula is C31H42O7S. The first-order chi connectivity index (χ1) is 19.0. The van der Waals surface area contributed by atoms with Gasteiger partial charge in [0.2, 0.25) is 0 Å². The third-order valence-corrected chi connectivity index (χ3v) is 8.55. The summed E-state index contributed by atoms with van der Waals surface area (Å²) in [5.41, 5.74) is 1.22. The third kappa shape index (κ3) is 10.2. The molecule has 2 aliphatic heterocycles. The lowest BCUT2D eigenvalue weighted by Gasteiger charge is -2.37. The molecule has 0 amide bonds. The molecular weight excluding hydrogens is 516 g/mol. The smallest absolute Gasteiger partial charge is 0.157 e. The van der Waals surface area contributed by atoms with Crippen LogP contribution in [-0.2, 0) is 45.9 Å². The van der Waals surface area contributed by atoms with Crippen molar-refractivity contribution in [2.24, 2.45) is 0 Å². The maximum Gasteiger partial charge on any atom is 0.157 e. The van der Waals surface area contributed by atoms with Gasteiger partial charge in [-0.1, -0.05) is 48.0 Å². The van der Waals surface area contributed by atoms with Gasteiger partial charge in [-0.2, -0.15) is 0 Å². The van der Waals surface area contributed by atoms with Crippen molar-refractivity contribution in [2.75, 3.05) is 32.2 Å². The number of hydrogen-bond donors (Lipinski definition) is 0. The van der Waals surface area contributed by atoms with Crippen LogP contribution in [0.2, 0.25) is 0 Å². The number of ether oxygens (including phenoxy) is 5. The maximum atomic E-state index is 13.0. The molecule has 0 N–H and O–H groups in total. The quantitative estimate of drug-likeness (QED) is 0.286. The predicted octanol–water partition coefficient (Wildman–Crippen LogP) is 5.49. The lowest BCUT2D eigenvalue weighted by molar-refractivity contribution is -0.240. The largest absolute Gasteiger partial charge is 0.365 e. The molecule has 2 aromatic carbocycles. The normalized spacial score (nSPS) is 22.2. The molecule has 7 nitrogen and oxygen atoms in total. The molecule has 8 heteroatoms. The Labute approximate surface area is 235 Å².